The molecule has 3 rings (SSSR count). The summed E-state index contributed by atoms with van der Waals surface area (Å²) in [5.41, 5.74) is 1.42. The maximum atomic E-state index is 13.6. The highest BCUT2D eigenvalue weighted by atomic mass is 35.5. The molecule has 2 heterocycles. The van der Waals surface area contributed by atoms with Gasteiger partial charge in [0.2, 0.25) is 0 Å². The lowest BCUT2D eigenvalue weighted by Gasteiger charge is -2.16. The average molecular weight is 306 g/mol. The van der Waals surface area contributed by atoms with Crippen molar-refractivity contribution in [1.29, 1.82) is 0 Å². The van der Waals surface area contributed by atoms with E-state index in [0.717, 1.165) is 24.6 Å². The normalized spacial score (nSPS) is 14.5. The van der Waals surface area contributed by atoms with Crippen LogP contribution in [0.5, 0.6) is 0 Å². The van der Waals surface area contributed by atoms with Crippen LogP contribution >= 0.6 is 11.6 Å². The summed E-state index contributed by atoms with van der Waals surface area (Å²) in [7, 11) is 0. The second-order valence-electron chi connectivity index (χ2n) is 5.19. The van der Waals surface area contributed by atoms with E-state index < -0.39 is 0 Å². The minimum Gasteiger partial charge on any atom is -0.380 e. The van der Waals surface area contributed by atoms with Crippen molar-refractivity contribution in [3.63, 3.8) is 0 Å². The monoisotopic (exact) mass is 305 g/mol. The molecule has 2 aromatic rings. The van der Waals surface area contributed by atoms with Crippen molar-refractivity contribution in [3.8, 4) is 0 Å². The van der Waals surface area contributed by atoms with Gasteiger partial charge < -0.3 is 10.2 Å². The molecule has 0 saturated carbocycles. The molecule has 3 nitrogen and oxygen atoms in total. The van der Waals surface area contributed by atoms with E-state index in [2.05, 4.69) is 15.2 Å². The summed E-state index contributed by atoms with van der Waals surface area (Å²) in [5, 5.41) is 3.70. The van der Waals surface area contributed by atoms with Crippen LogP contribution in [-0.4, -0.2) is 18.1 Å². The van der Waals surface area contributed by atoms with Crippen LogP contribution in [0.15, 0.2) is 36.5 Å². The molecule has 0 spiro atoms. The lowest BCUT2D eigenvalue weighted by atomic mass is 10.2. The maximum absolute atomic E-state index is 13.6. The number of pyridine rings is 1. The van der Waals surface area contributed by atoms with Gasteiger partial charge in [-0.3, -0.25) is 0 Å². The van der Waals surface area contributed by atoms with Gasteiger partial charge in [0.25, 0.3) is 0 Å². The predicted molar refractivity (Wildman–Crippen MR) is 84.4 cm³/mol. The van der Waals surface area contributed by atoms with Crippen LogP contribution in [0.25, 0.3) is 0 Å². The zero-order valence-corrected chi connectivity index (χ0v) is 12.4. The number of benzene rings is 1. The fraction of sp³-hybridized carbons (Fsp3) is 0.312. The van der Waals surface area contributed by atoms with Gasteiger partial charge in [0.15, 0.2) is 0 Å². The summed E-state index contributed by atoms with van der Waals surface area (Å²) in [6.07, 6.45) is 4.25. The molecular weight excluding hydrogens is 289 g/mol. The largest absolute Gasteiger partial charge is 0.380 e. The lowest BCUT2D eigenvalue weighted by Crippen LogP contribution is -2.18. The first kappa shape index (κ1) is 14.1. The smallest absolute Gasteiger partial charge is 0.128 e. The Hall–Kier alpha value is -1.81. The summed E-state index contributed by atoms with van der Waals surface area (Å²) in [5.74, 6) is 0.750. The van der Waals surface area contributed by atoms with E-state index in [4.69, 9.17) is 11.6 Å². The lowest BCUT2D eigenvalue weighted by molar-refractivity contribution is 0.613. The third-order valence-corrected chi connectivity index (χ3v) is 3.90. The molecule has 1 aliphatic heterocycles. The van der Waals surface area contributed by atoms with E-state index in [1.54, 1.807) is 18.3 Å². The Balaban J connectivity index is 1.64. The number of nitrogens with one attached hydrogen (secondary N) is 1. The number of hydrogen-bond donors (Lipinski definition) is 1. The van der Waals surface area contributed by atoms with Crippen LogP contribution in [0, 0.1) is 5.82 Å². The van der Waals surface area contributed by atoms with Crippen LogP contribution in [-0.2, 0) is 6.54 Å². The quantitative estimate of drug-likeness (QED) is 0.922. The summed E-state index contributed by atoms with van der Waals surface area (Å²) in [6, 6.07) is 8.54. The van der Waals surface area contributed by atoms with Crippen LogP contribution < -0.4 is 10.2 Å². The standard InChI is InChI=1S/C16H17ClFN3/c17-13-3-5-15(18)12(9-13)10-19-14-4-6-16(20-11-14)21-7-1-2-8-21/h3-6,9,11,19H,1-2,7-8,10H2. The van der Waals surface area contributed by atoms with Crippen LogP contribution in [0.3, 0.4) is 0 Å². The summed E-state index contributed by atoms with van der Waals surface area (Å²) in [4.78, 5) is 6.73. The molecule has 1 aromatic heterocycles. The fourth-order valence-corrected chi connectivity index (χ4v) is 2.69. The average Bonchev–Trinajstić information content (AvgIpc) is 3.03. The summed E-state index contributed by atoms with van der Waals surface area (Å²) >= 11 is 5.88. The molecule has 0 unspecified atom stereocenters. The Morgan fingerprint density at radius 1 is 1.19 bits per heavy atom. The Kier molecular flexibility index (Phi) is 4.25. The maximum Gasteiger partial charge on any atom is 0.128 e. The van der Waals surface area contributed by atoms with Crippen molar-refractivity contribution in [1.82, 2.24) is 4.98 Å². The Morgan fingerprint density at radius 3 is 2.71 bits per heavy atom. The molecular formula is C16H17ClFN3. The van der Waals surface area contributed by atoms with Crippen LogP contribution in [0.1, 0.15) is 18.4 Å². The Morgan fingerprint density at radius 2 is 2.00 bits per heavy atom. The molecule has 0 aliphatic carbocycles. The van der Waals surface area contributed by atoms with Gasteiger partial charge in [0.1, 0.15) is 11.6 Å². The van der Waals surface area contributed by atoms with E-state index in [-0.39, 0.29) is 5.82 Å². The predicted octanol–water partition coefficient (Wildman–Crippen LogP) is 4.09. The molecule has 1 saturated heterocycles. The molecule has 21 heavy (non-hydrogen) atoms. The highest BCUT2D eigenvalue weighted by Gasteiger charge is 2.12. The van der Waals surface area contributed by atoms with Gasteiger partial charge in [-0.25, -0.2) is 9.37 Å². The zero-order chi connectivity index (χ0) is 14.7. The molecule has 0 radical (unpaired) electrons. The minimum atomic E-state index is -0.256. The van der Waals surface area contributed by atoms with E-state index in [1.165, 1.54) is 18.9 Å². The van der Waals surface area contributed by atoms with E-state index >= 15 is 0 Å². The number of nitrogens with zero attached hydrogens (tertiary/aromatic N) is 2. The highest BCUT2D eigenvalue weighted by molar-refractivity contribution is 6.30. The van der Waals surface area contributed by atoms with Crippen molar-refractivity contribution in [2.24, 2.45) is 0 Å². The van der Waals surface area contributed by atoms with Gasteiger partial charge in [-0.15, -0.1) is 0 Å². The van der Waals surface area contributed by atoms with Crippen molar-refractivity contribution < 1.29 is 4.39 Å². The minimum absolute atomic E-state index is 0.256. The number of aromatic nitrogens is 1. The molecule has 1 fully saturated rings. The van der Waals surface area contributed by atoms with Gasteiger partial charge in [0.05, 0.1) is 11.9 Å². The number of hydrogen-bond acceptors (Lipinski definition) is 3. The van der Waals surface area contributed by atoms with Crippen molar-refractivity contribution >= 4 is 23.1 Å². The SMILES string of the molecule is Fc1ccc(Cl)cc1CNc1ccc(N2CCCC2)nc1. The van der Waals surface area contributed by atoms with Gasteiger partial charge >= 0.3 is 0 Å². The Labute approximate surface area is 128 Å². The molecule has 0 atom stereocenters. The van der Waals surface area contributed by atoms with Gasteiger partial charge in [-0.05, 0) is 43.2 Å². The molecule has 1 aliphatic rings. The second kappa shape index (κ2) is 6.31. The van der Waals surface area contributed by atoms with Crippen molar-refractivity contribution in [3.05, 3.63) is 52.9 Å². The third-order valence-electron chi connectivity index (χ3n) is 3.67. The Bertz CT molecular complexity index is 609. The number of halogens is 2. The van der Waals surface area contributed by atoms with Crippen LogP contribution in [0.2, 0.25) is 5.02 Å². The first-order valence-corrected chi connectivity index (χ1v) is 7.49. The number of rotatable bonds is 4. The van der Waals surface area contributed by atoms with Crippen molar-refractivity contribution in [2.75, 3.05) is 23.3 Å². The second-order valence-corrected chi connectivity index (χ2v) is 5.62. The molecule has 0 amide bonds. The van der Waals surface area contributed by atoms with Gasteiger partial charge in [0, 0.05) is 30.2 Å². The highest BCUT2D eigenvalue weighted by Crippen LogP contribution is 2.20. The molecule has 5 heteroatoms. The fourth-order valence-electron chi connectivity index (χ4n) is 2.50. The molecule has 1 aromatic carbocycles. The van der Waals surface area contributed by atoms with Gasteiger partial charge in [-0.2, -0.15) is 0 Å². The number of anilines is 2. The first-order chi connectivity index (χ1) is 10.2. The zero-order valence-electron chi connectivity index (χ0n) is 11.6. The molecule has 110 valence electrons. The van der Waals surface area contributed by atoms with Crippen molar-refractivity contribution in [2.45, 2.75) is 19.4 Å². The topological polar surface area (TPSA) is 28.2 Å². The van der Waals surface area contributed by atoms with E-state index in [0.29, 0.717) is 17.1 Å². The van der Waals surface area contributed by atoms with Crippen LogP contribution in [0.4, 0.5) is 15.9 Å². The third kappa shape index (κ3) is 3.45. The van der Waals surface area contributed by atoms with E-state index in [1.807, 2.05) is 12.1 Å². The molecule has 0 bridgehead atoms. The van der Waals surface area contributed by atoms with E-state index in [9.17, 15) is 4.39 Å². The molecule has 1 N–H and O–H groups in total. The van der Waals surface area contributed by atoms with Gasteiger partial charge in [-0.1, -0.05) is 11.6 Å². The first-order valence-electron chi connectivity index (χ1n) is 7.11. The summed E-state index contributed by atoms with van der Waals surface area (Å²) in [6.45, 7) is 2.54. The summed E-state index contributed by atoms with van der Waals surface area (Å²) < 4.78 is 13.6.